The number of benzene rings is 2. The first kappa shape index (κ1) is 15.3. The van der Waals surface area contributed by atoms with Crippen molar-refractivity contribution in [1.29, 1.82) is 0 Å². The van der Waals surface area contributed by atoms with E-state index in [1.54, 1.807) is 12.2 Å². The summed E-state index contributed by atoms with van der Waals surface area (Å²) in [4.78, 5) is 14.4. The Morgan fingerprint density at radius 1 is 1.13 bits per heavy atom. The number of anilines is 2. The molecule has 0 aromatic heterocycles. The standard InChI is InChI=1S/C20H22N2O/c1-3-9-20(23)22-15(2)14-18(17-12-7-8-13-19(17)22)21-16-10-5-4-6-11-16/h3-13,15,18,21H,14H2,1-2H3/b9-3+/t15-,18+/m0/s1. The van der Waals surface area contributed by atoms with Gasteiger partial charge in [-0.25, -0.2) is 0 Å². The zero-order chi connectivity index (χ0) is 16.2. The smallest absolute Gasteiger partial charge is 0.250 e. The van der Waals surface area contributed by atoms with Gasteiger partial charge in [-0.2, -0.15) is 0 Å². The summed E-state index contributed by atoms with van der Waals surface area (Å²) in [5.74, 6) is 0.0469. The van der Waals surface area contributed by atoms with Gasteiger partial charge in [0, 0.05) is 17.4 Å². The molecule has 0 bridgehead atoms. The summed E-state index contributed by atoms with van der Waals surface area (Å²) in [6, 6.07) is 18.7. The number of allylic oxidation sites excluding steroid dienone is 1. The fraction of sp³-hybridized carbons (Fsp3) is 0.250. The average Bonchev–Trinajstić information content (AvgIpc) is 2.56. The molecule has 0 saturated heterocycles. The molecule has 1 aliphatic heterocycles. The quantitative estimate of drug-likeness (QED) is 0.844. The first-order chi connectivity index (χ1) is 11.2. The fourth-order valence-electron chi connectivity index (χ4n) is 3.24. The normalized spacial score (nSPS) is 20.3. The largest absolute Gasteiger partial charge is 0.378 e. The van der Waals surface area contributed by atoms with Crippen LogP contribution in [0.3, 0.4) is 0 Å². The van der Waals surface area contributed by atoms with E-state index in [0.29, 0.717) is 0 Å². The molecular formula is C20H22N2O. The molecule has 1 amide bonds. The Labute approximate surface area is 137 Å². The lowest BCUT2D eigenvalue weighted by Gasteiger charge is -2.39. The highest BCUT2D eigenvalue weighted by molar-refractivity contribution is 6.02. The van der Waals surface area contributed by atoms with Crippen molar-refractivity contribution in [1.82, 2.24) is 0 Å². The van der Waals surface area contributed by atoms with Crippen LogP contribution in [-0.4, -0.2) is 11.9 Å². The molecule has 3 nitrogen and oxygen atoms in total. The van der Waals surface area contributed by atoms with Gasteiger partial charge in [0.25, 0.3) is 5.91 Å². The highest BCUT2D eigenvalue weighted by Gasteiger charge is 2.32. The maximum absolute atomic E-state index is 12.5. The Morgan fingerprint density at radius 2 is 1.83 bits per heavy atom. The molecular weight excluding hydrogens is 284 g/mol. The second-order valence-electron chi connectivity index (χ2n) is 5.91. The minimum Gasteiger partial charge on any atom is -0.378 e. The molecule has 2 atom stereocenters. The van der Waals surface area contributed by atoms with Gasteiger partial charge < -0.3 is 10.2 Å². The van der Waals surface area contributed by atoms with Crippen LogP contribution in [0, 0.1) is 0 Å². The van der Waals surface area contributed by atoms with Crippen LogP contribution in [0.1, 0.15) is 31.9 Å². The molecule has 0 saturated carbocycles. The van der Waals surface area contributed by atoms with Crippen LogP contribution in [0.4, 0.5) is 11.4 Å². The molecule has 2 aromatic carbocycles. The van der Waals surface area contributed by atoms with E-state index in [0.717, 1.165) is 17.8 Å². The summed E-state index contributed by atoms with van der Waals surface area (Å²) in [7, 11) is 0. The fourth-order valence-corrected chi connectivity index (χ4v) is 3.24. The maximum Gasteiger partial charge on any atom is 0.250 e. The molecule has 0 spiro atoms. The first-order valence-corrected chi connectivity index (χ1v) is 8.07. The Hall–Kier alpha value is -2.55. The molecule has 3 rings (SSSR count). The van der Waals surface area contributed by atoms with E-state index in [4.69, 9.17) is 0 Å². The third-order valence-corrected chi connectivity index (χ3v) is 4.25. The van der Waals surface area contributed by atoms with E-state index in [2.05, 4.69) is 30.4 Å². The summed E-state index contributed by atoms with van der Waals surface area (Å²) in [6.45, 7) is 3.98. The first-order valence-electron chi connectivity index (χ1n) is 8.07. The number of fused-ring (bicyclic) bond motifs is 1. The van der Waals surface area contributed by atoms with E-state index in [1.165, 1.54) is 5.56 Å². The Kier molecular flexibility index (Phi) is 4.47. The minimum atomic E-state index is 0.0469. The zero-order valence-electron chi connectivity index (χ0n) is 13.6. The van der Waals surface area contributed by atoms with Gasteiger partial charge in [-0.05, 0) is 50.1 Å². The monoisotopic (exact) mass is 306 g/mol. The molecule has 0 fully saturated rings. The number of amides is 1. The molecule has 2 aromatic rings. The predicted octanol–water partition coefficient (Wildman–Crippen LogP) is 4.54. The number of rotatable bonds is 3. The topological polar surface area (TPSA) is 32.3 Å². The van der Waals surface area contributed by atoms with Gasteiger partial charge in [0.05, 0.1) is 6.04 Å². The average molecular weight is 306 g/mol. The lowest BCUT2D eigenvalue weighted by atomic mass is 9.91. The molecule has 118 valence electrons. The summed E-state index contributed by atoms with van der Waals surface area (Å²) >= 11 is 0. The number of hydrogen-bond donors (Lipinski definition) is 1. The van der Waals surface area contributed by atoms with Crippen molar-refractivity contribution in [2.75, 3.05) is 10.2 Å². The molecule has 0 unspecified atom stereocenters. The number of nitrogens with one attached hydrogen (secondary N) is 1. The van der Waals surface area contributed by atoms with Crippen molar-refractivity contribution >= 4 is 17.3 Å². The summed E-state index contributed by atoms with van der Waals surface area (Å²) in [5.41, 5.74) is 3.28. The predicted molar refractivity (Wildman–Crippen MR) is 95.6 cm³/mol. The maximum atomic E-state index is 12.5. The Bertz CT molecular complexity index is 709. The van der Waals surface area contributed by atoms with E-state index in [1.807, 2.05) is 48.2 Å². The molecule has 1 N–H and O–H groups in total. The van der Waals surface area contributed by atoms with Crippen molar-refractivity contribution in [3.05, 3.63) is 72.3 Å². The number of para-hydroxylation sites is 2. The van der Waals surface area contributed by atoms with E-state index in [-0.39, 0.29) is 18.0 Å². The second kappa shape index (κ2) is 6.69. The van der Waals surface area contributed by atoms with E-state index in [9.17, 15) is 4.79 Å². The van der Waals surface area contributed by atoms with E-state index >= 15 is 0 Å². The highest BCUT2D eigenvalue weighted by Crippen LogP contribution is 2.38. The van der Waals surface area contributed by atoms with Gasteiger partial charge in [-0.1, -0.05) is 42.5 Å². The number of carbonyl (C=O) groups is 1. The van der Waals surface area contributed by atoms with Crippen LogP contribution in [-0.2, 0) is 4.79 Å². The molecule has 0 radical (unpaired) electrons. The van der Waals surface area contributed by atoms with Crippen LogP contribution in [0.2, 0.25) is 0 Å². The van der Waals surface area contributed by atoms with Crippen molar-refractivity contribution in [3.8, 4) is 0 Å². The van der Waals surface area contributed by atoms with Crippen LogP contribution in [0.25, 0.3) is 0 Å². The SMILES string of the molecule is C/C=C/C(=O)N1c2ccccc2[C@H](Nc2ccccc2)C[C@@H]1C. The number of carbonyl (C=O) groups excluding carboxylic acids is 1. The summed E-state index contributed by atoms with van der Waals surface area (Å²) < 4.78 is 0. The van der Waals surface area contributed by atoms with Gasteiger partial charge in [0.2, 0.25) is 0 Å². The van der Waals surface area contributed by atoms with Gasteiger partial charge in [-0.15, -0.1) is 0 Å². The van der Waals surface area contributed by atoms with Gasteiger partial charge in [0.15, 0.2) is 0 Å². The molecule has 1 aliphatic rings. The molecule has 3 heteroatoms. The van der Waals surface area contributed by atoms with Crippen molar-refractivity contribution in [2.45, 2.75) is 32.4 Å². The van der Waals surface area contributed by atoms with Crippen LogP contribution in [0.5, 0.6) is 0 Å². The van der Waals surface area contributed by atoms with Crippen molar-refractivity contribution in [3.63, 3.8) is 0 Å². The third kappa shape index (κ3) is 3.14. The molecule has 1 heterocycles. The summed E-state index contributed by atoms with van der Waals surface area (Å²) in [6.07, 6.45) is 4.32. The highest BCUT2D eigenvalue weighted by atomic mass is 16.2. The number of hydrogen-bond acceptors (Lipinski definition) is 2. The van der Waals surface area contributed by atoms with E-state index < -0.39 is 0 Å². The lowest BCUT2D eigenvalue weighted by molar-refractivity contribution is -0.114. The lowest BCUT2D eigenvalue weighted by Crippen LogP contribution is -2.43. The van der Waals surface area contributed by atoms with Crippen LogP contribution in [0.15, 0.2) is 66.7 Å². The molecule has 23 heavy (non-hydrogen) atoms. The van der Waals surface area contributed by atoms with Crippen LogP contribution < -0.4 is 10.2 Å². The van der Waals surface area contributed by atoms with Gasteiger partial charge >= 0.3 is 0 Å². The van der Waals surface area contributed by atoms with Crippen LogP contribution >= 0.6 is 0 Å². The second-order valence-corrected chi connectivity index (χ2v) is 5.91. The molecule has 0 aliphatic carbocycles. The minimum absolute atomic E-state index is 0.0469. The number of nitrogens with zero attached hydrogens (tertiary/aromatic N) is 1. The third-order valence-electron chi connectivity index (χ3n) is 4.25. The van der Waals surface area contributed by atoms with Crippen molar-refractivity contribution < 1.29 is 4.79 Å². The summed E-state index contributed by atoms with van der Waals surface area (Å²) in [5, 5.41) is 3.60. The van der Waals surface area contributed by atoms with Gasteiger partial charge in [-0.3, -0.25) is 4.79 Å². The van der Waals surface area contributed by atoms with Crippen molar-refractivity contribution in [2.24, 2.45) is 0 Å². The Morgan fingerprint density at radius 3 is 2.57 bits per heavy atom. The zero-order valence-corrected chi connectivity index (χ0v) is 13.6. The van der Waals surface area contributed by atoms with Gasteiger partial charge in [0.1, 0.15) is 0 Å². The Balaban J connectivity index is 1.95.